The van der Waals surface area contributed by atoms with Crippen molar-refractivity contribution in [2.24, 2.45) is 18.9 Å². The van der Waals surface area contributed by atoms with Crippen molar-refractivity contribution in [2.75, 3.05) is 20.1 Å². The van der Waals surface area contributed by atoms with Gasteiger partial charge in [0.05, 0.1) is 5.69 Å². The number of aromatic nitrogens is 2. The van der Waals surface area contributed by atoms with Gasteiger partial charge in [-0.15, -0.1) is 12.4 Å². The summed E-state index contributed by atoms with van der Waals surface area (Å²) in [6.07, 6.45) is 2.90. The highest BCUT2D eigenvalue weighted by Crippen LogP contribution is 2.41. The molecule has 0 radical (unpaired) electrons. The second kappa shape index (κ2) is 12.0. The second-order valence-corrected chi connectivity index (χ2v) is 11.9. The number of aromatic amines is 1. The van der Waals surface area contributed by atoms with Gasteiger partial charge in [0, 0.05) is 61.4 Å². The zero-order chi connectivity index (χ0) is 28.8. The molecule has 3 heterocycles. The molecule has 2 aromatic carbocycles. The van der Waals surface area contributed by atoms with Crippen molar-refractivity contribution in [3.8, 4) is 17.0 Å². The molecule has 0 bridgehead atoms. The summed E-state index contributed by atoms with van der Waals surface area (Å²) in [6.45, 7) is 5.98. The lowest BCUT2D eigenvalue weighted by Gasteiger charge is -2.26. The summed E-state index contributed by atoms with van der Waals surface area (Å²) >= 11 is 0. The molecular formula is C33H39ClN4O4. The van der Waals surface area contributed by atoms with Crippen molar-refractivity contribution in [1.29, 1.82) is 0 Å². The van der Waals surface area contributed by atoms with Crippen LogP contribution in [0.15, 0.2) is 59.4 Å². The normalized spacial score (nSPS) is 20.2. The number of benzene rings is 2. The number of carboxylic acid groups (broad SMARTS) is 1. The predicted molar refractivity (Wildman–Crippen MR) is 167 cm³/mol. The first-order valence-corrected chi connectivity index (χ1v) is 14.5. The number of H-pyrrole nitrogens is 1. The van der Waals surface area contributed by atoms with Crippen LogP contribution >= 0.6 is 12.4 Å². The van der Waals surface area contributed by atoms with Crippen LogP contribution in [0.2, 0.25) is 0 Å². The van der Waals surface area contributed by atoms with E-state index in [1.165, 1.54) is 24.1 Å². The largest absolute Gasteiger partial charge is 0.506 e. The van der Waals surface area contributed by atoms with Gasteiger partial charge in [0.1, 0.15) is 5.75 Å². The molecule has 0 spiro atoms. The minimum Gasteiger partial charge on any atom is -0.506 e. The first-order valence-electron chi connectivity index (χ1n) is 14.5. The summed E-state index contributed by atoms with van der Waals surface area (Å²) < 4.78 is 2.23. The molecule has 42 heavy (non-hydrogen) atoms. The molecule has 3 N–H and O–H groups in total. The highest BCUT2D eigenvalue weighted by atomic mass is 35.5. The van der Waals surface area contributed by atoms with E-state index in [0.29, 0.717) is 23.7 Å². The average Bonchev–Trinajstić information content (AvgIpc) is 3.60. The van der Waals surface area contributed by atoms with Gasteiger partial charge in [-0.25, -0.2) is 4.79 Å². The van der Waals surface area contributed by atoms with Gasteiger partial charge >= 0.3 is 5.97 Å². The molecule has 0 amide bonds. The number of aryl methyl sites for hydroxylation is 1. The molecule has 9 heteroatoms. The van der Waals surface area contributed by atoms with Gasteiger partial charge in [0.2, 0.25) is 0 Å². The number of likely N-dealkylation sites (tertiary alicyclic amines) is 1. The van der Waals surface area contributed by atoms with Gasteiger partial charge in [-0.2, -0.15) is 0 Å². The van der Waals surface area contributed by atoms with E-state index >= 15 is 0 Å². The van der Waals surface area contributed by atoms with Crippen LogP contribution in [0.1, 0.15) is 46.9 Å². The standard InChI is InChI=1S/C33H38N4O4.ClH/c1-4-27-30(34-32(39)29(31(27)38)33(40)41)21-10-11-28-22(12-21)13-26(36(28)3)19-37-17-23-14-25(15-24(23)18-37)35(2)16-20-8-6-5-7-9-20;/h5-13,23-25H,4,14-19H2,1-3H3,(H,40,41)(H2,34,38,39);1H/t23-,24+,25-;. The zero-order valence-corrected chi connectivity index (χ0v) is 25.2. The minimum atomic E-state index is -1.44. The summed E-state index contributed by atoms with van der Waals surface area (Å²) in [5, 5.41) is 21.0. The summed E-state index contributed by atoms with van der Waals surface area (Å²) in [5.41, 5.74) is 3.93. The van der Waals surface area contributed by atoms with Gasteiger partial charge in [0.15, 0.2) is 5.56 Å². The number of halogens is 1. The Balaban J connectivity index is 0.00000353. The van der Waals surface area contributed by atoms with E-state index in [4.69, 9.17) is 0 Å². The summed E-state index contributed by atoms with van der Waals surface area (Å²) in [7, 11) is 4.36. The molecule has 2 fully saturated rings. The highest BCUT2D eigenvalue weighted by molar-refractivity contribution is 5.92. The fraction of sp³-hybridized carbons (Fsp3) is 0.394. The van der Waals surface area contributed by atoms with Crippen molar-refractivity contribution in [1.82, 2.24) is 19.4 Å². The fourth-order valence-corrected chi connectivity index (χ4v) is 7.21. The van der Waals surface area contributed by atoms with Crippen molar-refractivity contribution in [3.63, 3.8) is 0 Å². The maximum Gasteiger partial charge on any atom is 0.345 e. The van der Waals surface area contributed by atoms with Crippen molar-refractivity contribution in [3.05, 3.63) is 87.3 Å². The van der Waals surface area contributed by atoms with E-state index in [2.05, 4.69) is 69.8 Å². The molecule has 1 aliphatic carbocycles. The fourth-order valence-electron chi connectivity index (χ4n) is 7.21. The lowest BCUT2D eigenvalue weighted by Crippen LogP contribution is -2.31. The van der Waals surface area contributed by atoms with Gasteiger partial charge in [0.25, 0.3) is 5.56 Å². The predicted octanol–water partition coefficient (Wildman–Crippen LogP) is 5.26. The van der Waals surface area contributed by atoms with E-state index in [1.54, 1.807) is 0 Å². The molecule has 1 aliphatic heterocycles. The molecule has 8 nitrogen and oxygen atoms in total. The highest BCUT2D eigenvalue weighted by Gasteiger charge is 2.42. The van der Waals surface area contributed by atoms with Crippen molar-refractivity contribution >= 4 is 29.3 Å². The lowest BCUT2D eigenvalue weighted by molar-refractivity contribution is 0.0691. The Morgan fingerprint density at radius 3 is 2.40 bits per heavy atom. The van der Waals surface area contributed by atoms with Crippen LogP contribution in [-0.2, 0) is 26.6 Å². The summed E-state index contributed by atoms with van der Waals surface area (Å²) in [4.78, 5) is 31.8. The van der Waals surface area contributed by atoms with Gasteiger partial charge in [-0.1, -0.05) is 43.3 Å². The molecule has 3 atom stereocenters. The average molecular weight is 591 g/mol. The van der Waals surface area contributed by atoms with Crippen LogP contribution in [0.4, 0.5) is 0 Å². The third kappa shape index (κ3) is 5.46. The number of hydrogen-bond acceptors (Lipinski definition) is 5. The Kier molecular flexibility index (Phi) is 8.51. The van der Waals surface area contributed by atoms with Crippen LogP contribution < -0.4 is 5.56 Å². The summed E-state index contributed by atoms with van der Waals surface area (Å²) in [6, 6.07) is 19.5. The number of aromatic carboxylic acids is 1. The lowest BCUT2D eigenvalue weighted by atomic mass is 9.99. The number of pyridine rings is 1. The number of nitrogens with one attached hydrogen (secondary N) is 1. The first kappa shape index (κ1) is 29.9. The second-order valence-electron chi connectivity index (χ2n) is 11.9. The van der Waals surface area contributed by atoms with Gasteiger partial charge in [-0.3, -0.25) is 14.6 Å². The van der Waals surface area contributed by atoms with E-state index in [-0.39, 0.29) is 12.4 Å². The number of carboxylic acids is 1. The molecule has 2 aliphatic rings. The monoisotopic (exact) mass is 590 g/mol. The Morgan fingerprint density at radius 2 is 1.76 bits per heavy atom. The molecule has 1 saturated heterocycles. The van der Waals surface area contributed by atoms with E-state index in [9.17, 15) is 19.8 Å². The number of rotatable bonds is 8. The minimum absolute atomic E-state index is 0. The third-order valence-electron chi connectivity index (χ3n) is 9.37. The maximum atomic E-state index is 12.5. The number of nitrogens with zero attached hydrogens (tertiary/aromatic N) is 3. The maximum absolute atomic E-state index is 12.5. The van der Waals surface area contributed by atoms with E-state index < -0.39 is 22.8 Å². The topological polar surface area (TPSA) is 102 Å². The molecule has 2 aromatic heterocycles. The Hall–Kier alpha value is -3.59. The molecule has 6 rings (SSSR count). The van der Waals surface area contributed by atoms with Gasteiger partial charge in [-0.05, 0) is 67.5 Å². The number of aromatic hydroxyl groups is 1. The van der Waals surface area contributed by atoms with Crippen molar-refractivity contribution < 1.29 is 15.0 Å². The van der Waals surface area contributed by atoms with Crippen LogP contribution in [0, 0.1) is 11.8 Å². The Bertz CT molecular complexity index is 1650. The molecule has 222 valence electrons. The molecular weight excluding hydrogens is 552 g/mol. The zero-order valence-electron chi connectivity index (χ0n) is 24.3. The molecule has 1 saturated carbocycles. The van der Waals surface area contributed by atoms with Crippen molar-refractivity contribution in [2.45, 2.75) is 45.3 Å². The van der Waals surface area contributed by atoms with Crippen LogP contribution in [0.3, 0.4) is 0 Å². The number of hydrogen-bond donors (Lipinski definition) is 3. The quantitative estimate of drug-likeness (QED) is 0.259. The van der Waals surface area contributed by atoms with Crippen LogP contribution in [-0.4, -0.2) is 61.7 Å². The Morgan fingerprint density at radius 1 is 1.07 bits per heavy atom. The summed E-state index contributed by atoms with van der Waals surface area (Å²) in [5.74, 6) is -0.412. The molecule has 4 aromatic rings. The number of fused-ring (bicyclic) bond motifs is 2. The van der Waals surface area contributed by atoms with E-state index in [1.807, 2.05) is 25.1 Å². The smallest absolute Gasteiger partial charge is 0.345 e. The SMILES string of the molecule is CCc1c(-c2ccc3c(c2)cc(CN2C[C@H]4C[C@@H](N(C)Cc5ccccc5)C[C@H]4C2)n3C)[nH]c(=O)c(C(=O)O)c1O.Cl. The third-order valence-corrected chi connectivity index (χ3v) is 9.37. The first-order chi connectivity index (χ1) is 19.7. The number of carbonyl (C=O) groups is 1. The van der Waals surface area contributed by atoms with Crippen LogP contribution in [0.25, 0.3) is 22.2 Å². The van der Waals surface area contributed by atoms with Gasteiger partial charge < -0.3 is 19.8 Å². The molecule has 0 unspecified atom stereocenters. The van der Waals surface area contributed by atoms with Crippen LogP contribution in [0.5, 0.6) is 5.75 Å². The van der Waals surface area contributed by atoms with E-state index in [0.717, 1.165) is 54.5 Å². The Labute approximate surface area is 252 Å².